The van der Waals surface area contributed by atoms with Crippen molar-refractivity contribution in [2.24, 2.45) is 0 Å². The Hall–Kier alpha value is -2.94. The van der Waals surface area contributed by atoms with E-state index in [9.17, 15) is 4.79 Å². The molecule has 0 fully saturated rings. The van der Waals surface area contributed by atoms with Crippen molar-refractivity contribution < 1.29 is 4.79 Å². The summed E-state index contributed by atoms with van der Waals surface area (Å²) in [5.74, 6) is 0.886. The average molecular weight is 286 g/mol. The summed E-state index contributed by atoms with van der Waals surface area (Å²) in [5, 5.41) is 2.37. The van der Waals surface area contributed by atoms with Gasteiger partial charge in [0.25, 0.3) is 0 Å². The number of aromatic nitrogens is 2. The first kappa shape index (κ1) is 12.8. The lowest BCUT2D eigenvalue weighted by atomic mass is 10.1. The second-order valence-electron chi connectivity index (χ2n) is 5.26. The molecule has 0 saturated heterocycles. The molecule has 0 aliphatic carbocycles. The molecule has 0 atom stereocenters. The number of carbonyl (C=O) groups excluding carboxylic acids is 1. The van der Waals surface area contributed by atoms with Crippen LogP contribution in [0, 0.1) is 0 Å². The Bertz CT molecular complexity index is 971. The normalized spacial score (nSPS) is 11.1. The number of carbonyl (C=O) groups is 1. The summed E-state index contributed by atoms with van der Waals surface area (Å²) < 4.78 is 2.15. The summed E-state index contributed by atoms with van der Waals surface area (Å²) in [6, 6.07) is 20.4. The van der Waals surface area contributed by atoms with E-state index in [2.05, 4.69) is 33.8 Å². The average Bonchev–Trinajstić information content (AvgIpc) is 2.90. The molecule has 0 bridgehead atoms. The van der Waals surface area contributed by atoms with E-state index in [-0.39, 0.29) is 0 Å². The minimum Gasteiger partial charge on any atom is -0.303 e. The molecule has 2 aromatic heterocycles. The van der Waals surface area contributed by atoms with E-state index < -0.39 is 0 Å². The zero-order chi connectivity index (χ0) is 14.9. The van der Waals surface area contributed by atoms with Crippen molar-refractivity contribution >= 4 is 28.1 Å². The molecule has 2 heterocycles. The summed E-state index contributed by atoms with van der Waals surface area (Å²) in [6.07, 6.45) is 3.17. The molecule has 0 amide bonds. The highest BCUT2D eigenvalue weighted by Crippen LogP contribution is 2.31. The lowest BCUT2D eigenvalue weighted by Crippen LogP contribution is -1.96. The second-order valence-corrected chi connectivity index (χ2v) is 5.26. The van der Waals surface area contributed by atoms with E-state index >= 15 is 0 Å². The van der Waals surface area contributed by atoms with E-state index in [1.165, 1.54) is 10.8 Å². The van der Waals surface area contributed by atoms with Gasteiger partial charge in [-0.1, -0.05) is 36.4 Å². The molecule has 22 heavy (non-hydrogen) atoms. The fourth-order valence-electron chi connectivity index (χ4n) is 2.97. The van der Waals surface area contributed by atoms with Gasteiger partial charge < -0.3 is 4.79 Å². The molecule has 106 valence electrons. The minimum absolute atomic E-state index is 0.430. The van der Waals surface area contributed by atoms with Crippen LogP contribution < -0.4 is 0 Å². The maximum Gasteiger partial charge on any atom is 0.137 e. The molecule has 0 radical (unpaired) electrons. The summed E-state index contributed by atoms with van der Waals surface area (Å²) in [5.41, 5.74) is 3.22. The van der Waals surface area contributed by atoms with Crippen LogP contribution in [-0.2, 0) is 11.2 Å². The summed E-state index contributed by atoms with van der Waals surface area (Å²) in [6.45, 7) is 0. The minimum atomic E-state index is 0.430. The van der Waals surface area contributed by atoms with Gasteiger partial charge in [-0.05, 0) is 29.8 Å². The predicted octanol–water partition coefficient (Wildman–Crippen LogP) is 3.92. The van der Waals surface area contributed by atoms with Crippen molar-refractivity contribution in [3.8, 4) is 5.82 Å². The van der Waals surface area contributed by atoms with Crippen LogP contribution in [0.4, 0.5) is 0 Å². The highest BCUT2D eigenvalue weighted by Gasteiger charge is 2.12. The van der Waals surface area contributed by atoms with E-state index in [0.717, 1.165) is 28.7 Å². The lowest BCUT2D eigenvalue weighted by Gasteiger charge is -2.06. The largest absolute Gasteiger partial charge is 0.303 e. The fraction of sp³-hybridized carbons (Fsp3) is 0.0526. The number of benzene rings is 2. The summed E-state index contributed by atoms with van der Waals surface area (Å²) in [4.78, 5) is 15.3. The summed E-state index contributed by atoms with van der Waals surface area (Å²) in [7, 11) is 0. The maximum atomic E-state index is 10.8. The Kier molecular flexibility index (Phi) is 2.97. The number of fused-ring (bicyclic) bond motifs is 3. The highest BCUT2D eigenvalue weighted by atomic mass is 16.1. The maximum absolute atomic E-state index is 10.8. The zero-order valence-corrected chi connectivity index (χ0v) is 11.9. The summed E-state index contributed by atoms with van der Waals surface area (Å²) >= 11 is 0. The van der Waals surface area contributed by atoms with Crippen LogP contribution in [0.1, 0.15) is 5.56 Å². The number of aldehydes is 1. The quantitative estimate of drug-likeness (QED) is 0.535. The van der Waals surface area contributed by atoms with Crippen LogP contribution in [0.3, 0.4) is 0 Å². The molecular formula is C19H14N2O. The molecule has 0 aliphatic heterocycles. The first-order valence-corrected chi connectivity index (χ1v) is 7.25. The van der Waals surface area contributed by atoms with Gasteiger partial charge in [0.05, 0.1) is 11.0 Å². The van der Waals surface area contributed by atoms with Crippen molar-refractivity contribution in [3.05, 3.63) is 72.4 Å². The van der Waals surface area contributed by atoms with Gasteiger partial charge in [-0.3, -0.25) is 4.57 Å². The highest BCUT2D eigenvalue weighted by molar-refractivity contribution is 6.09. The van der Waals surface area contributed by atoms with Crippen LogP contribution in [0.5, 0.6) is 0 Å². The Morgan fingerprint density at radius 1 is 0.909 bits per heavy atom. The molecule has 0 spiro atoms. The number of nitrogens with zero attached hydrogens (tertiary/aromatic N) is 2. The van der Waals surface area contributed by atoms with Crippen molar-refractivity contribution in [1.82, 2.24) is 9.55 Å². The van der Waals surface area contributed by atoms with Crippen LogP contribution in [0.15, 0.2) is 66.9 Å². The first-order chi connectivity index (χ1) is 10.9. The molecule has 0 aliphatic rings. The van der Waals surface area contributed by atoms with Gasteiger partial charge >= 0.3 is 0 Å². The lowest BCUT2D eigenvalue weighted by molar-refractivity contribution is -0.107. The van der Waals surface area contributed by atoms with Crippen LogP contribution in [0.25, 0.3) is 27.6 Å². The van der Waals surface area contributed by atoms with Gasteiger partial charge in [-0.2, -0.15) is 0 Å². The smallest absolute Gasteiger partial charge is 0.137 e. The van der Waals surface area contributed by atoms with Gasteiger partial charge in [0.1, 0.15) is 12.1 Å². The van der Waals surface area contributed by atoms with E-state index in [1.807, 2.05) is 36.4 Å². The van der Waals surface area contributed by atoms with E-state index in [0.29, 0.717) is 6.42 Å². The first-order valence-electron chi connectivity index (χ1n) is 7.25. The molecule has 4 aromatic rings. The Morgan fingerprint density at radius 2 is 1.73 bits per heavy atom. The van der Waals surface area contributed by atoms with Crippen molar-refractivity contribution in [2.75, 3.05) is 0 Å². The predicted molar refractivity (Wildman–Crippen MR) is 88.3 cm³/mol. The fourth-order valence-corrected chi connectivity index (χ4v) is 2.97. The molecule has 2 aromatic carbocycles. The monoisotopic (exact) mass is 286 g/mol. The molecule has 3 heteroatoms. The third-order valence-electron chi connectivity index (χ3n) is 3.94. The molecule has 0 N–H and O–H groups in total. The van der Waals surface area contributed by atoms with E-state index in [4.69, 9.17) is 0 Å². The molecule has 0 unspecified atom stereocenters. The molecule has 0 saturated carbocycles. The number of rotatable bonds is 3. The van der Waals surface area contributed by atoms with Crippen LogP contribution >= 0.6 is 0 Å². The molecule has 3 nitrogen and oxygen atoms in total. The molecule has 4 rings (SSSR count). The molecular weight excluding hydrogens is 272 g/mol. The Balaban J connectivity index is 2.14. The number of hydrogen-bond donors (Lipinski definition) is 0. The van der Waals surface area contributed by atoms with Gasteiger partial charge in [0.2, 0.25) is 0 Å². The second kappa shape index (κ2) is 5.11. The zero-order valence-electron chi connectivity index (χ0n) is 11.9. The number of para-hydroxylation sites is 1. The van der Waals surface area contributed by atoms with Gasteiger partial charge in [-0.15, -0.1) is 0 Å². The topological polar surface area (TPSA) is 34.9 Å². The van der Waals surface area contributed by atoms with Crippen LogP contribution in [-0.4, -0.2) is 15.8 Å². The van der Waals surface area contributed by atoms with Crippen molar-refractivity contribution in [2.45, 2.75) is 6.42 Å². The van der Waals surface area contributed by atoms with Gasteiger partial charge in [0, 0.05) is 23.4 Å². The standard InChI is InChI=1S/C19H14N2O/c22-12-10-14-8-9-16-15-5-1-2-6-17(15)21(18(16)13-14)19-7-3-4-11-20-19/h1-9,11-13H,10H2. The third-order valence-corrected chi connectivity index (χ3v) is 3.94. The number of pyridine rings is 1. The van der Waals surface area contributed by atoms with Crippen molar-refractivity contribution in [1.29, 1.82) is 0 Å². The SMILES string of the molecule is O=CCc1ccc2c3ccccc3n(-c3ccccn3)c2c1. The van der Waals surface area contributed by atoms with Crippen LogP contribution in [0.2, 0.25) is 0 Å². The Labute approximate surface area is 127 Å². The van der Waals surface area contributed by atoms with Gasteiger partial charge in [0.15, 0.2) is 0 Å². The van der Waals surface area contributed by atoms with Gasteiger partial charge in [-0.25, -0.2) is 4.98 Å². The Morgan fingerprint density at radius 3 is 2.55 bits per heavy atom. The number of hydrogen-bond acceptors (Lipinski definition) is 2. The van der Waals surface area contributed by atoms with E-state index in [1.54, 1.807) is 6.20 Å². The van der Waals surface area contributed by atoms with Crippen molar-refractivity contribution in [3.63, 3.8) is 0 Å². The third kappa shape index (κ3) is 1.91.